The number of aliphatic hydroxyl groups excluding tert-OH is 1. The third-order valence-electron chi connectivity index (χ3n) is 12.8. The molecular weight excluding hydrogens is 529 g/mol. The van der Waals surface area contributed by atoms with Gasteiger partial charge in [-0.05, 0) is 115 Å². The highest BCUT2D eigenvalue weighted by molar-refractivity contribution is 6.99. The van der Waals surface area contributed by atoms with Crippen molar-refractivity contribution in [2.45, 2.75) is 117 Å². The number of hydrogen-bond acceptors (Lipinski definition) is 2. The van der Waals surface area contributed by atoms with Crippen molar-refractivity contribution in [3.8, 4) is 11.8 Å². The average molecular weight is 583 g/mol. The first-order valence-corrected chi connectivity index (χ1v) is 18.9. The molecule has 4 fully saturated rings. The lowest BCUT2D eigenvalue weighted by molar-refractivity contribution is -0.122. The van der Waals surface area contributed by atoms with E-state index in [1.807, 2.05) is 0 Å². The molecule has 3 heteroatoms. The van der Waals surface area contributed by atoms with Gasteiger partial charge in [-0.25, -0.2) is 0 Å². The van der Waals surface area contributed by atoms with Gasteiger partial charge in [0.05, 0.1) is 0 Å². The summed E-state index contributed by atoms with van der Waals surface area (Å²) in [4.78, 5) is 0. The van der Waals surface area contributed by atoms with E-state index in [4.69, 9.17) is 4.43 Å². The zero-order chi connectivity index (χ0) is 29.8. The molecule has 2 nitrogen and oxygen atoms in total. The topological polar surface area (TPSA) is 29.5 Å². The quantitative estimate of drug-likeness (QED) is 0.293. The van der Waals surface area contributed by atoms with E-state index in [1.54, 1.807) is 6.92 Å². The molecule has 2 aromatic rings. The maximum atomic E-state index is 9.83. The molecule has 4 aliphatic rings. The zero-order valence-corrected chi connectivity index (χ0v) is 28.0. The molecule has 0 aliphatic heterocycles. The Bertz CT molecular complexity index is 1250. The summed E-state index contributed by atoms with van der Waals surface area (Å²) in [6.07, 6.45) is 11.5. The third kappa shape index (κ3) is 4.94. The summed E-state index contributed by atoms with van der Waals surface area (Å²) in [5, 5.41) is 12.7. The molecule has 226 valence electrons. The van der Waals surface area contributed by atoms with E-state index in [0.29, 0.717) is 22.9 Å². The Balaban J connectivity index is 1.25. The molecule has 0 saturated heterocycles. The first-order chi connectivity index (χ1) is 20.0. The van der Waals surface area contributed by atoms with Crippen molar-refractivity contribution >= 4 is 18.7 Å². The van der Waals surface area contributed by atoms with Crippen molar-refractivity contribution in [3.63, 3.8) is 0 Å². The van der Waals surface area contributed by atoms with Gasteiger partial charge in [0, 0.05) is 12.0 Å². The van der Waals surface area contributed by atoms with Crippen LogP contribution in [0.4, 0.5) is 0 Å². The van der Waals surface area contributed by atoms with Crippen molar-refractivity contribution in [2.75, 3.05) is 0 Å². The van der Waals surface area contributed by atoms with Crippen LogP contribution < -0.4 is 10.4 Å². The summed E-state index contributed by atoms with van der Waals surface area (Å²) in [6, 6.07) is 22.4. The lowest BCUT2D eigenvalue weighted by Crippen LogP contribution is -2.68. The summed E-state index contributed by atoms with van der Waals surface area (Å²) in [5.74, 6) is 10.4. The molecule has 6 rings (SSSR count). The predicted octanol–water partition coefficient (Wildman–Crippen LogP) is 7.97. The Kier molecular flexibility index (Phi) is 8.08. The average Bonchev–Trinajstić information content (AvgIpc) is 3.31. The molecule has 9 atom stereocenters. The summed E-state index contributed by atoms with van der Waals surface area (Å²) < 4.78 is 7.69. The molecule has 0 radical (unpaired) electrons. The standard InChI is InChI=1S/C39H54O2Si/c1-28(40)17-18-29-20-22-35-34-21-19-30-27-31(23-25-39(30,6)36(34)24-26-38(29,35)5)41-42(37(2,3)4,32-13-9-7-10-14-32)33-15-11-8-12-16-33/h7-16,28-31,34-36,40H,19-27H2,1-6H3/t28?,29-,30-,31+,34?,35?,36?,38+,39-/m0/s1. The van der Waals surface area contributed by atoms with Crippen LogP contribution in [0, 0.1) is 52.3 Å². The molecule has 4 unspecified atom stereocenters. The van der Waals surface area contributed by atoms with Crippen LogP contribution in [-0.4, -0.2) is 25.6 Å². The van der Waals surface area contributed by atoms with Crippen LogP contribution in [-0.2, 0) is 4.43 Å². The number of aliphatic hydroxyl groups is 1. The molecule has 0 bridgehead atoms. The summed E-state index contributed by atoms with van der Waals surface area (Å²) in [6.45, 7) is 14.3. The highest BCUT2D eigenvalue weighted by atomic mass is 28.4. The van der Waals surface area contributed by atoms with Crippen LogP contribution in [0.2, 0.25) is 5.04 Å². The van der Waals surface area contributed by atoms with Crippen LogP contribution in [0.3, 0.4) is 0 Å². The van der Waals surface area contributed by atoms with Crippen molar-refractivity contribution in [3.05, 3.63) is 60.7 Å². The van der Waals surface area contributed by atoms with Crippen molar-refractivity contribution in [1.29, 1.82) is 0 Å². The van der Waals surface area contributed by atoms with Gasteiger partial charge >= 0.3 is 0 Å². The van der Waals surface area contributed by atoms with Gasteiger partial charge in [0.25, 0.3) is 8.32 Å². The van der Waals surface area contributed by atoms with Crippen molar-refractivity contribution in [1.82, 2.24) is 0 Å². The minimum absolute atomic E-state index is 0.0255. The highest BCUT2D eigenvalue weighted by Crippen LogP contribution is 2.67. The van der Waals surface area contributed by atoms with Crippen LogP contribution in [0.1, 0.15) is 99.3 Å². The molecule has 0 spiro atoms. The van der Waals surface area contributed by atoms with Crippen LogP contribution in [0.15, 0.2) is 60.7 Å². The molecule has 0 heterocycles. The van der Waals surface area contributed by atoms with Gasteiger partial charge in [0.15, 0.2) is 0 Å². The van der Waals surface area contributed by atoms with E-state index in [9.17, 15) is 5.11 Å². The Morgan fingerprint density at radius 2 is 1.40 bits per heavy atom. The molecule has 0 aromatic heterocycles. The first kappa shape index (κ1) is 30.2. The number of fused-ring (bicyclic) bond motifs is 5. The van der Waals surface area contributed by atoms with Gasteiger partial charge in [0.2, 0.25) is 0 Å². The van der Waals surface area contributed by atoms with Gasteiger partial charge in [-0.2, -0.15) is 0 Å². The van der Waals surface area contributed by atoms with E-state index in [1.165, 1.54) is 68.2 Å². The highest BCUT2D eigenvalue weighted by Gasteiger charge is 2.61. The minimum atomic E-state index is -2.53. The number of rotatable bonds is 4. The predicted molar refractivity (Wildman–Crippen MR) is 177 cm³/mol. The monoisotopic (exact) mass is 582 g/mol. The smallest absolute Gasteiger partial charge is 0.261 e. The van der Waals surface area contributed by atoms with E-state index in [-0.39, 0.29) is 5.04 Å². The van der Waals surface area contributed by atoms with Crippen molar-refractivity contribution in [2.24, 2.45) is 40.4 Å². The molecular formula is C39H54O2Si. The molecule has 4 saturated carbocycles. The second kappa shape index (κ2) is 11.2. The zero-order valence-electron chi connectivity index (χ0n) is 27.0. The van der Waals surface area contributed by atoms with Crippen LogP contribution in [0.25, 0.3) is 0 Å². The first-order valence-electron chi connectivity index (χ1n) is 17.0. The summed E-state index contributed by atoms with van der Waals surface area (Å²) in [7, 11) is -2.53. The Morgan fingerprint density at radius 3 is 2.00 bits per heavy atom. The maximum Gasteiger partial charge on any atom is 0.261 e. The van der Waals surface area contributed by atoms with E-state index in [2.05, 4.69) is 107 Å². The van der Waals surface area contributed by atoms with Gasteiger partial charge in [-0.15, -0.1) is 0 Å². The largest absolute Gasteiger partial charge is 0.404 e. The fourth-order valence-electron chi connectivity index (χ4n) is 10.7. The van der Waals surface area contributed by atoms with Crippen LogP contribution >= 0.6 is 0 Å². The maximum absolute atomic E-state index is 9.83. The van der Waals surface area contributed by atoms with E-state index in [0.717, 1.165) is 23.7 Å². The van der Waals surface area contributed by atoms with E-state index >= 15 is 0 Å². The van der Waals surface area contributed by atoms with Gasteiger partial charge in [-0.3, -0.25) is 0 Å². The van der Waals surface area contributed by atoms with Crippen molar-refractivity contribution < 1.29 is 9.53 Å². The Hall–Kier alpha value is -1.86. The molecule has 2 aromatic carbocycles. The lowest BCUT2D eigenvalue weighted by Gasteiger charge is -2.61. The van der Waals surface area contributed by atoms with Gasteiger partial charge < -0.3 is 9.53 Å². The fraction of sp³-hybridized carbons (Fsp3) is 0.641. The second-order valence-corrected chi connectivity index (χ2v) is 20.2. The molecule has 4 aliphatic carbocycles. The lowest BCUT2D eigenvalue weighted by atomic mass is 9.44. The van der Waals surface area contributed by atoms with E-state index < -0.39 is 14.4 Å². The normalized spacial score (nSPS) is 37.0. The van der Waals surface area contributed by atoms with Crippen LogP contribution in [0.5, 0.6) is 0 Å². The third-order valence-corrected chi connectivity index (χ3v) is 17.9. The minimum Gasteiger partial charge on any atom is -0.404 e. The van der Waals surface area contributed by atoms with Gasteiger partial charge in [-0.1, -0.05) is 107 Å². The fourth-order valence-corrected chi connectivity index (χ4v) is 15.5. The SMILES string of the molecule is CC(O)C#C[C@H]1CCC2C3CC[C@H]4C[C@H](O[Si](c5ccccc5)(c5ccccc5)C(C)(C)C)CC[C@]4(C)C3CC[C@@]21C. The summed E-state index contributed by atoms with van der Waals surface area (Å²) in [5.41, 5.74) is 0.759. The Labute approximate surface area is 257 Å². The molecule has 0 amide bonds. The molecule has 1 N–H and O–H groups in total. The summed E-state index contributed by atoms with van der Waals surface area (Å²) >= 11 is 0. The number of benzene rings is 2. The molecule has 42 heavy (non-hydrogen) atoms. The van der Waals surface area contributed by atoms with Gasteiger partial charge in [0.1, 0.15) is 6.10 Å². The number of hydrogen-bond donors (Lipinski definition) is 1. The second-order valence-electron chi connectivity index (χ2n) is 16.0. The Morgan fingerprint density at radius 1 is 0.810 bits per heavy atom.